The van der Waals surface area contributed by atoms with E-state index in [9.17, 15) is 8.78 Å². The van der Waals surface area contributed by atoms with Gasteiger partial charge in [0.2, 0.25) is 5.88 Å². The van der Waals surface area contributed by atoms with Crippen LogP contribution in [0.5, 0.6) is 5.88 Å². The van der Waals surface area contributed by atoms with Crippen LogP contribution in [0.1, 0.15) is 62.0 Å². The molecule has 38 heavy (non-hydrogen) atoms. The molecule has 5 aromatic rings. The Balaban J connectivity index is 1.32. The SMILES string of the molecule is COc1ncnc(C2CC2)c1-c1ncc2cnn(Cc3ccc(-c4nc(C(F)F)cn4C(C)C)cc3)c2n1. The van der Waals surface area contributed by atoms with Gasteiger partial charge in [0.15, 0.2) is 11.5 Å². The highest BCUT2D eigenvalue weighted by atomic mass is 19.3. The minimum atomic E-state index is -2.62. The fraction of sp³-hybridized carbons (Fsp3) is 0.333. The Morgan fingerprint density at radius 2 is 1.82 bits per heavy atom. The van der Waals surface area contributed by atoms with E-state index in [4.69, 9.17) is 9.72 Å². The molecule has 4 heterocycles. The number of rotatable bonds is 8. The Morgan fingerprint density at radius 3 is 2.50 bits per heavy atom. The molecule has 0 spiro atoms. The fourth-order valence-corrected chi connectivity index (χ4v) is 4.57. The minimum absolute atomic E-state index is 0.00284. The van der Waals surface area contributed by atoms with Gasteiger partial charge in [0.05, 0.1) is 30.9 Å². The van der Waals surface area contributed by atoms with Crippen LogP contribution in [0.15, 0.2) is 49.2 Å². The second-order valence-electron chi connectivity index (χ2n) is 9.68. The fourth-order valence-electron chi connectivity index (χ4n) is 4.57. The van der Waals surface area contributed by atoms with Crippen molar-refractivity contribution < 1.29 is 13.5 Å². The minimum Gasteiger partial charge on any atom is -0.480 e. The number of methoxy groups -OCH3 is 1. The molecule has 11 heteroatoms. The van der Waals surface area contributed by atoms with Gasteiger partial charge >= 0.3 is 0 Å². The Kier molecular flexibility index (Phi) is 6.05. The van der Waals surface area contributed by atoms with Crippen LogP contribution in [0.3, 0.4) is 0 Å². The summed E-state index contributed by atoms with van der Waals surface area (Å²) in [6.45, 7) is 4.36. The molecule has 1 aliphatic rings. The van der Waals surface area contributed by atoms with E-state index in [1.165, 1.54) is 12.5 Å². The molecule has 0 bridgehead atoms. The Hall–Kier alpha value is -4.28. The molecule has 9 nitrogen and oxygen atoms in total. The number of hydrogen-bond donors (Lipinski definition) is 0. The van der Waals surface area contributed by atoms with Crippen LogP contribution < -0.4 is 4.74 Å². The number of imidazole rings is 1. The predicted molar refractivity (Wildman–Crippen MR) is 137 cm³/mol. The first-order valence-electron chi connectivity index (χ1n) is 12.5. The van der Waals surface area contributed by atoms with Crippen LogP contribution in [0.4, 0.5) is 8.78 Å². The van der Waals surface area contributed by atoms with Gasteiger partial charge < -0.3 is 9.30 Å². The zero-order chi connectivity index (χ0) is 26.4. The van der Waals surface area contributed by atoms with Crippen molar-refractivity contribution in [3.8, 4) is 28.7 Å². The first-order valence-corrected chi connectivity index (χ1v) is 12.5. The van der Waals surface area contributed by atoms with E-state index in [0.29, 0.717) is 35.6 Å². The maximum atomic E-state index is 13.3. The van der Waals surface area contributed by atoms with Crippen LogP contribution in [0, 0.1) is 0 Å². The van der Waals surface area contributed by atoms with Gasteiger partial charge in [-0.15, -0.1) is 0 Å². The Labute approximate surface area is 217 Å². The van der Waals surface area contributed by atoms with Gasteiger partial charge in [-0.25, -0.2) is 38.4 Å². The highest BCUT2D eigenvalue weighted by Crippen LogP contribution is 2.44. The number of halogens is 2. The lowest BCUT2D eigenvalue weighted by Crippen LogP contribution is -2.05. The van der Waals surface area contributed by atoms with Gasteiger partial charge in [0, 0.05) is 29.9 Å². The zero-order valence-electron chi connectivity index (χ0n) is 21.2. The molecule has 1 fully saturated rings. The molecule has 6 rings (SSSR count). The maximum absolute atomic E-state index is 13.3. The Bertz CT molecular complexity index is 1610. The summed E-state index contributed by atoms with van der Waals surface area (Å²) >= 11 is 0. The van der Waals surface area contributed by atoms with E-state index >= 15 is 0 Å². The van der Waals surface area contributed by atoms with E-state index < -0.39 is 6.43 Å². The molecule has 194 valence electrons. The summed E-state index contributed by atoms with van der Waals surface area (Å²) in [4.78, 5) is 22.4. The van der Waals surface area contributed by atoms with Gasteiger partial charge in [0.1, 0.15) is 23.4 Å². The molecular formula is C27H26F2N8O. The third-order valence-corrected chi connectivity index (χ3v) is 6.67. The van der Waals surface area contributed by atoms with Crippen molar-refractivity contribution in [3.63, 3.8) is 0 Å². The summed E-state index contributed by atoms with van der Waals surface area (Å²) in [6, 6.07) is 7.69. The van der Waals surface area contributed by atoms with Crippen molar-refractivity contribution >= 4 is 11.0 Å². The number of ether oxygens (including phenoxy) is 1. The normalized spacial score (nSPS) is 13.7. The second kappa shape index (κ2) is 9.55. The molecule has 1 aliphatic carbocycles. The number of fused-ring (bicyclic) bond motifs is 1. The van der Waals surface area contributed by atoms with Crippen LogP contribution in [-0.4, -0.2) is 46.4 Å². The first kappa shape index (κ1) is 24.1. The first-order chi connectivity index (χ1) is 18.4. The van der Waals surface area contributed by atoms with Gasteiger partial charge in [-0.2, -0.15) is 5.10 Å². The Morgan fingerprint density at radius 1 is 1.03 bits per heavy atom. The van der Waals surface area contributed by atoms with Gasteiger partial charge in [-0.05, 0) is 32.3 Å². The summed E-state index contributed by atoms with van der Waals surface area (Å²) in [7, 11) is 1.58. The molecule has 0 unspecified atom stereocenters. The molecular weight excluding hydrogens is 490 g/mol. The molecule has 0 N–H and O–H groups in total. The molecule has 0 atom stereocenters. The lowest BCUT2D eigenvalue weighted by Gasteiger charge is -2.12. The van der Waals surface area contributed by atoms with Crippen molar-refractivity contribution in [1.82, 2.24) is 39.3 Å². The van der Waals surface area contributed by atoms with Crippen LogP contribution in [0.2, 0.25) is 0 Å². The quantitative estimate of drug-likeness (QED) is 0.265. The van der Waals surface area contributed by atoms with Crippen molar-refractivity contribution in [2.24, 2.45) is 0 Å². The molecule has 0 amide bonds. The van der Waals surface area contributed by atoms with E-state index in [2.05, 4.69) is 25.0 Å². The predicted octanol–water partition coefficient (Wildman–Crippen LogP) is 5.60. The highest BCUT2D eigenvalue weighted by Gasteiger charge is 2.31. The maximum Gasteiger partial charge on any atom is 0.281 e. The lowest BCUT2D eigenvalue weighted by molar-refractivity contribution is 0.146. The highest BCUT2D eigenvalue weighted by molar-refractivity contribution is 5.77. The molecule has 1 aromatic carbocycles. The largest absolute Gasteiger partial charge is 0.480 e. The average Bonchev–Trinajstić information content (AvgIpc) is 3.55. The standard InChI is InChI=1S/C27H26F2N8O/c1-15(2)36-13-20(23(28)29)34-25(36)18-6-4-16(5-7-18)12-37-26-19(11-33-37)10-30-24(35-26)21-22(17-8-9-17)31-14-32-27(21)38-3/h4-7,10-11,13-15,17,23H,8-9,12H2,1-3H3. The average molecular weight is 517 g/mol. The van der Waals surface area contributed by atoms with E-state index in [-0.39, 0.29) is 11.7 Å². The van der Waals surface area contributed by atoms with Crippen LogP contribution in [0.25, 0.3) is 33.8 Å². The monoisotopic (exact) mass is 516 g/mol. The lowest BCUT2D eigenvalue weighted by atomic mass is 10.1. The van der Waals surface area contributed by atoms with Crippen LogP contribution >= 0.6 is 0 Å². The van der Waals surface area contributed by atoms with Crippen molar-refractivity contribution in [3.05, 3.63) is 66.1 Å². The topological polar surface area (TPSA) is 96.4 Å². The second-order valence-corrected chi connectivity index (χ2v) is 9.68. The van der Waals surface area contributed by atoms with Gasteiger partial charge in [-0.3, -0.25) is 0 Å². The summed E-state index contributed by atoms with van der Waals surface area (Å²) < 4.78 is 35.7. The number of benzene rings is 1. The molecule has 1 saturated carbocycles. The van der Waals surface area contributed by atoms with Gasteiger partial charge in [0.25, 0.3) is 6.43 Å². The summed E-state index contributed by atoms with van der Waals surface area (Å²) in [5, 5.41) is 5.34. The van der Waals surface area contributed by atoms with Crippen LogP contribution in [-0.2, 0) is 6.54 Å². The third-order valence-electron chi connectivity index (χ3n) is 6.67. The van der Waals surface area contributed by atoms with Crippen molar-refractivity contribution in [2.45, 2.75) is 51.6 Å². The number of alkyl halides is 2. The van der Waals surface area contributed by atoms with Crippen molar-refractivity contribution in [1.29, 1.82) is 0 Å². The van der Waals surface area contributed by atoms with E-state index in [0.717, 1.165) is 40.6 Å². The smallest absolute Gasteiger partial charge is 0.281 e. The summed E-state index contributed by atoms with van der Waals surface area (Å²) in [5.74, 6) is 1.85. The zero-order valence-corrected chi connectivity index (χ0v) is 21.2. The number of hydrogen-bond acceptors (Lipinski definition) is 7. The third kappa shape index (κ3) is 4.37. The molecule has 4 aromatic heterocycles. The van der Waals surface area contributed by atoms with Crippen molar-refractivity contribution in [2.75, 3.05) is 7.11 Å². The van der Waals surface area contributed by atoms with Gasteiger partial charge in [-0.1, -0.05) is 24.3 Å². The summed E-state index contributed by atoms with van der Waals surface area (Å²) in [6.07, 6.45) is 5.96. The summed E-state index contributed by atoms with van der Waals surface area (Å²) in [5.41, 5.74) is 3.85. The van der Waals surface area contributed by atoms with E-state index in [1.54, 1.807) is 24.1 Å². The van der Waals surface area contributed by atoms with E-state index in [1.807, 2.05) is 42.8 Å². The number of aromatic nitrogens is 8. The molecule has 0 aliphatic heterocycles. The number of nitrogens with zero attached hydrogens (tertiary/aromatic N) is 8. The molecule has 0 saturated heterocycles. The molecule has 0 radical (unpaired) electrons.